The number of carboxylic acid groups (broad SMARTS) is 1. The highest BCUT2D eigenvalue weighted by molar-refractivity contribution is 5.89. The molecule has 0 bridgehead atoms. The number of halogens is 1. The summed E-state index contributed by atoms with van der Waals surface area (Å²) in [5.41, 5.74) is 2.11. The van der Waals surface area contributed by atoms with Gasteiger partial charge in [0.2, 0.25) is 0 Å². The van der Waals surface area contributed by atoms with Gasteiger partial charge in [-0.25, -0.2) is 9.18 Å². The van der Waals surface area contributed by atoms with E-state index in [0.717, 1.165) is 17.3 Å². The van der Waals surface area contributed by atoms with Crippen molar-refractivity contribution >= 4 is 5.97 Å². The van der Waals surface area contributed by atoms with Gasteiger partial charge in [-0.15, -0.1) is 0 Å². The van der Waals surface area contributed by atoms with Gasteiger partial charge in [-0.1, -0.05) is 0 Å². The fraction of sp³-hybridized carbons (Fsp3) is 0.231. The topological polar surface area (TPSA) is 55.1 Å². The summed E-state index contributed by atoms with van der Waals surface area (Å²) in [6.45, 7) is 4.43. The quantitative estimate of drug-likeness (QED) is 0.908. The maximum atomic E-state index is 13.5. The van der Waals surface area contributed by atoms with Gasteiger partial charge in [0.25, 0.3) is 0 Å². The molecule has 0 atom stereocenters. The number of aromatic carboxylic acids is 1. The van der Waals surface area contributed by atoms with E-state index in [1.165, 1.54) is 12.1 Å². The Kier molecular flexibility index (Phi) is 3.14. The average molecular weight is 248 g/mol. The first-order valence-corrected chi connectivity index (χ1v) is 5.59. The lowest BCUT2D eigenvalue weighted by atomic mass is 10.1. The van der Waals surface area contributed by atoms with Crippen molar-refractivity contribution in [2.24, 2.45) is 0 Å². The molecule has 18 heavy (non-hydrogen) atoms. The lowest BCUT2D eigenvalue weighted by molar-refractivity contribution is 0.0696. The Hall–Kier alpha value is -2.17. The van der Waals surface area contributed by atoms with Crippen LogP contribution in [0.15, 0.2) is 24.4 Å². The first kappa shape index (κ1) is 12.3. The molecule has 1 aromatic heterocycles. The van der Waals surface area contributed by atoms with E-state index in [9.17, 15) is 9.18 Å². The largest absolute Gasteiger partial charge is 0.478 e. The molecule has 2 aromatic rings. The summed E-state index contributed by atoms with van der Waals surface area (Å²) in [5, 5.41) is 13.1. The highest BCUT2D eigenvalue weighted by Crippen LogP contribution is 2.25. The summed E-state index contributed by atoms with van der Waals surface area (Å²) in [6, 6.07) is 3.79. The maximum Gasteiger partial charge on any atom is 0.335 e. The van der Waals surface area contributed by atoms with Gasteiger partial charge in [-0.05, 0) is 37.6 Å². The zero-order valence-electron chi connectivity index (χ0n) is 10.1. The predicted octanol–water partition coefficient (Wildman–Crippen LogP) is 2.72. The van der Waals surface area contributed by atoms with Crippen molar-refractivity contribution in [3.63, 3.8) is 0 Å². The number of rotatable bonds is 3. The summed E-state index contributed by atoms with van der Waals surface area (Å²) in [4.78, 5) is 10.9. The van der Waals surface area contributed by atoms with E-state index in [1.54, 1.807) is 10.9 Å². The van der Waals surface area contributed by atoms with Crippen LogP contribution in [0, 0.1) is 12.7 Å². The third kappa shape index (κ3) is 2.11. The SMILES string of the molecule is CCn1ncc(C)c1-c1cc(F)cc(C(=O)O)c1. The van der Waals surface area contributed by atoms with E-state index < -0.39 is 11.8 Å². The first-order valence-electron chi connectivity index (χ1n) is 5.59. The fourth-order valence-corrected chi connectivity index (χ4v) is 1.95. The van der Waals surface area contributed by atoms with Crippen molar-refractivity contribution in [3.05, 3.63) is 41.3 Å². The summed E-state index contributed by atoms with van der Waals surface area (Å²) < 4.78 is 15.2. The molecule has 0 aliphatic rings. The number of aryl methyl sites for hydroxylation is 2. The molecule has 0 amide bonds. The van der Waals surface area contributed by atoms with Gasteiger partial charge in [0.1, 0.15) is 5.82 Å². The van der Waals surface area contributed by atoms with Gasteiger partial charge >= 0.3 is 5.97 Å². The van der Waals surface area contributed by atoms with Crippen molar-refractivity contribution in [1.82, 2.24) is 9.78 Å². The lowest BCUT2D eigenvalue weighted by Gasteiger charge is -2.08. The minimum absolute atomic E-state index is 0.0618. The maximum absolute atomic E-state index is 13.5. The van der Waals surface area contributed by atoms with Gasteiger partial charge < -0.3 is 5.11 Å². The van der Waals surface area contributed by atoms with Crippen molar-refractivity contribution in [1.29, 1.82) is 0 Å². The second-order valence-corrected chi connectivity index (χ2v) is 4.03. The Balaban J connectivity index is 2.63. The second kappa shape index (κ2) is 4.60. The van der Waals surface area contributed by atoms with Crippen LogP contribution in [-0.4, -0.2) is 20.9 Å². The van der Waals surface area contributed by atoms with Gasteiger partial charge in [0, 0.05) is 12.1 Å². The van der Waals surface area contributed by atoms with Crippen molar-refractivity contribution < 1.29 is 14.3 Å². The van der Waals surface area contributed by atoms with Crippen LogP contribution in [-0.2, 0) is 6.54 Å². The molecule has 0 spiro atoms. The van der Waals surface area contributed by atoms with E-state index in [0.29, 0.717) is 12.1 Å². The van der Waals surface area contributed by atoms with E-state index in [4.69, 9.17) is 5.11 Å². The standard InChI is InChI=1S/C13H13FN2O2/c1-3-16-12(8(2)7-15-16)9-4-10(13(17)18)6-11(14)5-9/h4-7H,3H2,1-2H3,(H,17,18). The van der Waals surface area contributed by atoms with Crippen molar-refractivity contribution in [2.45, 2.75) is 20.4 Å². The van der Waals surface area contributed by atoms with Crippen LogP contribution in [0.5, 0.6) is 0 Å². The molecule has 0 saturated heterocycles. The smallest absolute Gasteiger partial charge is 0.335 e. The van der Waals surface area contributed by atoms with Crippen molar-refractivity contribution in [3.8, 4) is 11.3 Å². The molecule has 1 heterocycles. The van der Waals surface area contributed by atoms with Crippen LogP contribution in [0.1, 0.15) is 22.8 Å². The number of hydrogen-bond acceptors (Lipinski definition) is 2. The molecule has 5 heteroatoms. The minimum atomic E-state index is -1.14. The summed E-state index contributed by atoms with van der Waals surface area (Å²) in [6.07, 6.45) is 1.68. The number of carboxylic acids is 1. The Morgan fingerprint density at radius 3 is 2.78 bits per heavy atom. The summed E-state index contributed by atoms with van der Waals surface area (Å²) in [5.74, 6) is -1.70. The molecule has 0 radical (unpaired) electrons. The molecule has 0 unspecified atom stereocenters. The van der Waals surface area contributed by atoms with Crippen LogP contribution < -0.4 is 0 Å². The highest BCUT2D eigenvalue weighted by atomic mass is 19.1. The average Bonchev–Trinajstić information content (AvgIpc) is 2.69. The van der Waals surface area contributed by atoms with Crippen LogP contribution in [0.2, 0.25) is 0 Å². The third-order valence-corrected chi connectivity index (χ3v) is 2.74. The summed E-state index contributed by atoms with van der Waals surface area (Å²) >= 11 is 0. The molecular formula is C13H13FN2O2. The van der Waals surface area contributed by atoms with E-state index in [-0.39, 0.29) is 5.56 Å². The molecule has 0 aliphatic carbocycles. The first-order chi connectivity index (χ1) is 8.52. The Morgan fingerprint density at radius 1 is 1.44 bits per heavy atom. The monoisotopic (exact) mass is 248 g/mol. The van der Waals surface area contributed by atoms with Crippen LogP contribution in [0.4, 0.5) is 4.39 Å². The molecule has 0 fully saturated rings. The van der Waals surface area contributed by atoms with E-state index >= 15 is 0 Å². The Morgan fingerprint density at radius 2 is 2.17 bits per heavy atom. The van der Waals surface area contributed by atoms with Crippen LogP contribution in [0.25, 0.3) is 11.3 Å². The number of aromatic nitrogens is 2. The fourth-order valence-electron chi connectivity index (χ4n) is 1.95. The minimum Gasteiger partial charge on any atom is -0.478 e. The van der Waals surface area contributed by atoms with Gasteiger partial charge in [-0.3, -0.25) is 4.68 Å². The molecule has 4 nitrogen and oxygen atoms in total. The lowest BCUT2D eigenvalue weighted by Crippen LogP contribution is -2.02. The van der Waals surface area contributed by atoms with Crippen LogP contribution >= 0.6 is 0 Å². The number of hydrogen-bond donors (Lipinski definition) is 1. The second-order valence-electron chi connectivity index (χ2n) is 4.03. The van der Waals surface area contributed by atoms with Gasteiger partial charge in [0.15, 0.2) is 0 Å². The number of carbonyl (C=O) groups is 1. The highest BCUT2D eigenvalue weighted by Gasteiger charge is 2.13. The zero-order valence-corrected chi connectivity index (χ0v) is 10.1. The number of benzene rings is 1. The van der Waals surface area contributed by atoms with Gasteiger partial charge in [0.05, 0.1) is 17.5 Å². The molecule has 94 valence electrons. The van der Waals surface area contributed by atoms with E-state index in [1.807, 2.05) is 13.8 Å². The molecule has 0 aliphatic heterocycles. The normalized spacial score (nSPS) is 10.6. The molecule has 1 N–H and O–H groups in total. The third-order valence-electron chi connectivity index (χ3n) is 2.74. The van der Waals surface area contributed by atoms with E-state index in [2.05, 4.69) is 5.10 Å². The molecule has 1 aromatic carbocycles. The number of nitrogens with zero attached hydrogens (tertiary/aromatic N) is 2. The molecular weight excluding hydrogens is 235 g/mol. The van der Waals surface area contributed by atoms with Crippen molar-refractivity contribution in [2.75, 3.05) is 0 Å². The Bertz CT molecular complexity index is 605. The Labute approximate surface area is 104 Å². The van der Waals surface area contributed by atoms with Gasteiger partial charge in [-0.2, -0.15) is 5.10 Å². The zero-order chi connectivity index (χ0) is 13.3. The predicted molar refractivity (Wildman–Crippen MR) is 65.0 cm³/mol. The molecule has 2 rings (SSSR count). The molecule has 0 saturated carbocycles. The van der Waals surface area contributed by atoms with Crippen LogP contribution in [0.3, 0.4) is 0 Å². The summed E-state index contributed by atoms with van der Waals surface area (Å²) in [7, 11) is 0.